The van der Waals surface area contributed by atoms with E-state index in [1.807, 2.05) is 24.3 Å². The maximum absolute atomic E-state index is 13.1. The molecular weight excluding hydrogens is 343 g/mol. The Morgan fingerprint density at radius 2 is 1.92 bits per heavy atom. The molecule has 0 unspecified atom stereocenters. The number of nitrogens with one attached hydrogen (secondary N) is 1. The minimum Gasteiger partial charge on any atom is -0.347 e. The van der Waals surface area contributed by atoms with Crippen LogP contribution in [0.5, 0.6) is 0 Å². The topological polar surface area (TPSA) is 59.8 Å². The molecule has 2 aromatic carbocycles. The highest BCUT2D eigenvalue weighted by molar-refractivity contribution is 6.30. The molecule has 1 heterocycles. The van der Waals surface area contributed by atoms with Crippen molar-refractivity contribution >= 4 is 17.5 Å². The number of rotatable bonds is 5. The molecule has 7 heteroatoms. The van der Waals surface area contributed by atoms with Gasteiger partial charge < -0.3 is 5.32 Å². The molecule has 0 aliphatic rings. The number of aromatic nitrogens is 3. The maximum Gasteiger partial charge on any atom is 0.273 e. The van der Waals surface area contributed by atoms with Gasteiger partial charge in [0.25, 0.3) is 5.91 Å². The van der Waals surface area contributed by atoms with E-state index in [2.05, 4.69) is 22.6 Å². The van der Waals surface area contributed by atoms with Crippen molar-refractivity contribution in [2.24, 2.45) is 0 Å². The lowest BCUT2D eigenvalue weighted by Gasteiger charge is -2.04. The molecule has 25 heavy (non-hydrogen) atoms. The average Bonchev–Trinajstić information content (AvgIpc) is 3.13. The van der Waals surface area contributed by atoms with Crippen LogP contribution in [0.2, 0.25) is 5.02 Å². The summed E-state index contributed by atoms with van der Waals surface area (Å²) in [6.45, 7) is 2.30. The van der Waals surface area contributed by atoms with Gasteiger partial charge in [-0.05, 0) is 41.8 Å². The van der Waals surface area contributed by atoms with Crippen molar-refractivity contribution in [3.05, 3.63) is 76.3 Å². The smallest absolute Gasteiger partial charge is 0.273 e. The van der Waals surface area contributed by atoms with E-state index < -0.39 is 5.82 Å². The fraction of sp³-hybridized carbons (Fsp3) is 0.167. The van der Waals surface area contributed by atoms with Crippen LogP contribution in [0, 0.1) is 5.82 Å². The molecular formula is C18H16ClFN4O. The summed E-state index contributed by atoms with van der Waals surface area (Å²) in [6, 6.07) is 12.2. The Kier molecular flexibility index (Phi) is 5.09. The Hall–Kier alpha value is -2.73. The molecule has 1 N–H and O–H groups in total. The van der Waals surface area contributed by atoms with E-state index in [9.17, 15) is 9.18 Å². The molecule has 0 fully saturated rings. The van der Waals surface area contributed by atoms with Crippen LogP contribution >= 0.6 is 11.6 Å². The van der Waals surface area contributed by atoms with Gasteiger partial charge in [-0.2, -0.15) is 0 Å². The molecule has 0 saturated heterocycles. The number of benzene rings is 2. The number of halogens is 2. The zero-order valence-corrected chi connectivity index (χ0v) is 14.3. The molecule has 0 atom stereocenters. The van der Waals surface area contributed by atoms with E-state index in [0.29, 0.717) is 5.56 Å². The Bertz CT molecular complexity index is 892. The monoisotopic (exact) mass is 358 g/mol. The first-order valence-corrected chi connectivity index (χ1v) is 8.18. The minimum absolute atomic E-state index is 0.0215. The molecule has 3 rings (SSSR count). The number of carbonyl (C=O) groups is 1. The number of hydrogen-bond donors (Lipinski definition) is 1. The van der Waals surface area contributed by atoms with Crippen molar-refractivity contribution in [3.8, 4) is 5.69 Å². The van der Waals surface area contributed by atoms with Gasteiger partial charge in [0.15, 0.2) is 5.69 Å². The number of carbonyl (C=O) groups excluding carboxylic acids is 1. The molecule has 1 aromatic heterocycles. The molecule has 0 aliphatic carbocycles. The van der Waals surface area contributed by atoms with Gasteiger partial charge in [-0.3, -0.25) is 4.79 Å². The highest BCUT2D eigenvalue weighted by Crippen LogP contribution is 2.16. The second-order valence-corrected chi connectivity index (χ2v) is 5.91. The van der Waals surface area contributed by atoms with E-state index in [0.717, 1.165) is 12.1 Å². The third-order valence-electron chi connectivity index (χ3n) is 3.77. The number of nitrogens with zero attached hydrogens (tertiary/aromatic N) is 3. The van der Waals surface area contributed by atoms with Gasteiger partial charge >= 0.3 is 0 Å². The van der Waals surface area contributed by atoms with E-state index in [1.54, 1.807) is 16.9 Å². The Morgan fingerprint density at radius 1 is 1.20 bits per heavy atom. The summed E-state index contributed by atoms with van der Waals surface area (Å²) in [5.74, 6) is -0.856. The van der Waals surface area contributed by atoms with E-state index >= 15 is 0 Å². The molecule has 1 amide bonds. The van der Waals surface area contributed by atoms with Gasteiger partial charge in [-0.15, -0.1) is 5.10 Å². The molecule has 128 valence electrons. The third-order valence-corrected chi connectivity index (χ3v) is 4.06. The molecule has 0 radical (unpaired) electrons. The summed E-state index contributed by atoms with van der Waals surface area (Å²) in [4.78, 5) is 12.2. The third kappa shape index (κ3) is 4.03. The molecule has 0 saturated carbocycles. The second-order valence-electron chi connectivity index (χ2n) is 5.50. The molecule has 0 bridgehead atoms. The molecule has 0 spiro atoms. The van der Waals surface area contributed by atoms with Gasteiger partial charge in [0, 0.05) is 6.54 Å². The summed E-state index contributed by atoms with van der Waals surface area (Å²) in [5.41, 5.74) is 2.95. The van der Waals surface area contributed by atoms with Gasteiger partial charge in [-0.25, -0.2) is 9.07 Å². The predicted molar refractivity (Wildman–Crippen MR) is 93.3 cm³/mol. The molecule has 5 nitrogen and oxygen atoms in total. The summed E-state index contributed by atoms with van der Waals surface area (Å²) >= 11 is 5.73. The summed E-state index contributed by atoms with van der Waals surface area (Å²) < 4.78 is 14.7. The Balaban J connectivity index is 1.66. The lowest BCUT2D eigenvalue weighted by molar-refractivity contribution is 0.0946. The van der Waals surface area contributed by atoms with Crippen LogP contribution in [0.25, 0.3) is 5.69 Å². The predicted octanol–water partition coefficient (Wildman–Crippen LogP) is 3.55. The highest BCUT2D eigenvalue weighted by Gasteiger charge is 2.12. The van der Waals surface area contributed by atoms with Crippen LogP contribution in [-0.4, -0.2) is 20.9 Å². The van der Waals surface area contributed by atoms with Crippen molar-refractivity contribution in [1.82, 2.24) is 20.3 Å². The van der Waals surface area contributed by atoms with E-state index in [4.69, 9.17) is 11.6 Å². The number of amides is 1. The van der Waals surface area contributed by atoms with Gasteiger partial charge in [0.1, 0.15) is 5.82 Å². The van der Waals surface area contributed by atoms with Crippen LogP contribution in [0.4, 0.5) is 4.39 Å². The van der Waals surface area contributed by atoms with Crippen LogP contribution in [0.1, 0.15) is 28.5 Å². The van der Waals surface area contributed by atoms with Crippen LogP contribution in [0.3, 0.4) is 0 Å². The first-order valence-electron chi connectivity index (χ1n) is 7.80. The summed E-state index contributed by atoms with van der Waals surface area (Å²) in [6.07, 6.45) is 2.52. The van der Waals surface area contributed by atoms with Gasteiger partial charge in [0.05, 0.1) is 16.9 Å². The van der Waals surface area contributed by atoms with Crippen LogP contribution in [-0.2, 0) is 13.0 Å². The number of aryl methyl sites for hydroxylation is 1. The van der Waals surface area contributed by atoms with Crippen molar-refractivity contribution in [1.29, 1.82) is 0 Å². The van der Waals surface area contributed by atoms with Crippen molar-refractivity contribution in [2.45, 2.75) is 19.9 Å². The normalized spacial score (nSPS) is 10.7. The maximum atomic E-state index is 13.1. The van der Waals surface area contributed by atoms with Crippen molar-refractivity contribution in [3.63, 3.8) is 0 Å². The first kappa shape index (κ1) is 17.1. The number of hydrogen-bond acceptors (Lipinski definition) is 3. The zero-order valence-electron chi connectivity index (χ0n) is 13.5. The summed E-state index contributed by atoms with van der Waals surface area (Å²) in [5, 5.41) is 10.6. The van der Waals surface area contributed by atoms with Crippen LogP contribution < -0.4 is 5.32 Å². The SMILES string of the molecule is CCc1ccc(-n2cc(C(=O)NCc3ccc(F)c(Cl)c3)nn2)cc1. The van der Waals surface area contributed by atoms with Gasteiger partial charge in [0.2, 0.25) is 0 Å². The largest absolute Gasteiger partial charge is 0.347 e. The first-order chi connectivity index (χ1) is 12.1. The lowest BCUT2D eigenvalue weighted by atomic mass is 10.1. The van der Waals surface area contributed by atoms with E-state index in [1.165, 1.54) is 17.7 Å². The van der Waals surface area contributed by atoms with Crippen molar-refractivity contribution in [2.75, 3.05) is 0 Å². The zero-order chi connectivity index (χ0) is 17.8. The summed E-state index contributed by atoms with van der Waals surface area (Å²) in [7, 11) is 0. The average molecular weight is 359 g/mol. The lowest BCUT2D eigenvalue weighted by Crippen LogP contribution is -2.23. The van der Waals surface area contributed by atoms with Crippen molar-refractivity contribution < 1.29 is 9.18 Å². The van der Waals surface area contributed by atoms with Crippen LogP contribution in [0.15, 0.2) is 48.7 Å². The second kappa shape index (κ2) is 7.44. The Morgan fingerprint density at radius 3 is 2.60 bits per heavy atom. The fourth-order valence-corrected chi connectivity index (χ4v) is 2.50. The standard InChI is InChI=1S/C18H16ClFN4O/c1-2-12-3-6-14(7-4-12)24-11-17(22-23-24)18(25)21-10-13-5-8-16(20)15(19)9-13/h3-9,11H,2,10H2,1H3,(H,21,25). The fourth-order valence-electron chi connectivity index (χ4n) is 2.30. The highest BCUT2D eigenvalue weighted by atomic mass is 35.5. The Labute approximate surface area is 149 Å². The minimum atomic E-state index is -0.492. The van der Waals surface area contributed by atoms with Gasteiger partial charge in [-0.1, -0.05) is 41.9 Å². The van der Waals surface area contributed by atoms with E-state index in [-0.39, 0.29) is 23.2 Å². The molecule has 0 aliphatic heterocycles. The molecule has 3 aromatic rings. The quantitative estimate of drug-likeness (QED) is 0.758.